The highest BCUT2D eigenvalue weighted by Crippen LogP contribution is 2.20. The first-order valence-corrected chi connectivity index (χ1v) is 7.44. The number of hydrogen-bond donors (Lipinski definition) is 1. The van der Waals surface area contributed by atoms with E-state index in [9.17, 15) is 9.18 Å². The standard InChI is InChI=1S/C11H11Br2ClFNO/c1-11(5-12,6-13)16-10(17)9-7(14)3-2-4-8(9)15/h2-4H,5-6H2,1H3,(H,16,17). The van der Waals surface area contributed by atoms with Gasteiger partial charge in [-0.05, 0) is 19.1 Å². The molecule has 1 N–H and O–H groups in total. The quantitative estimate of drug-likeness (QED) is 0.784. The van der Waals surface area contributed by atoms with Gasteiger partial charge < -0.3 is 5.32 Å². The first-order valence-electron chi connectivity index (χ1n) is 4.82. The van der Waals surface area contributed by atoms with Gasteiger partial charge in [-0.3, -0.25) is 4.79 Å². The van der Waals surface area contributed by atoms with Crippen molar-refractivity contribution in [1.29, 1.82) is 0 Å². The van der Waals surface area contributed by atoms with Crippen LogP contribution in [0.15, 0.2) is 18.2 Å². The number of amides is 1. The van der Waals surface area contributed by atoms with Crippen molar-refractivity contribution >= 4 is 49.4 Å². The fourth-order valence-corrected chi connectivity index (χ4v) is 2.61. The molecule has 0 saturated carbocycles. The van der Waals surface area contributed by atoms with E-state index in [0.717, 1.165) is 0 Å². The molecule has 0 saturated heterocycles. The van der Waals surface area contributed by atoms with Crippen LogP contribution in [-0.4, -0.2) is 22.1 Å². The summed E-state index contributed by atoms with van der Waals surface area (Å²) in [5, 5.41) is 3.93. The molecule has 0 spiro atoms. The summed E-state index contributed by atoms with van der Waals surface area (Å²) >= 11 is 12.4. The summed E-state index contributed by atoms with van der Waals surface area (Å²) < 4.78 is 13.5. The van der Waals surface area contributed by atoms with Crippen molar-refractivity contribution in [2.24, 2.45) is 0 Å². The largest absolute Gasteiger partial charge is 0.345 e. The summed E-state index contributed by atoms with van der Waals surface area (Å²) in [6.07, 6.45) is 0. The van der Waals surface area contributed by atoms with Gasteiger partial charge in [0.1, 0.15) is 5.82 Å². The van der Waals surface area contributed by atoms with Crippen molar-refractivity contribution in [3.63, 3.8) is 0 Å². The summed E-state index contributed by atoms with van der Waals surface area (Å²) in [7, 11) is 0. The van der Waals surface area contributed by atoms with Crippen LogP contribution in [0.25, 0.3) is 0 Å². The molecule has 0 heterocycles. The fourth-order valence-electron chi connectivity index (χ4n) is 1.15. The van der Waals surface area contributed by atoms with Gasteiger partial charge in [-0.15, -0.1) is 0 Å². The minimum Gasteiger partial charge on any atom is -0.345 e. The molecule has 0 aliphatic rings. The molecule has 94 valence electrons. The average Bonchev–Trinajstić information content (AvgIpc) is 2.28. The number of carbonyl (C=O) groups is 1. The Morgan fingerprint density at radius 2 is 2.06 bits per heavy atom. The van der Waals surface area contributed by atoms with E-state index >= 15 is 0 Å². The van der Waals surface area contributed by atoms with Crippen LogP contribution >= 0.6 is 43.5 Å². The Balaban J connectivity index is 2.98. The number of rotatable bonds is 4. The van der Waals surface area contributed by atoms with Gasteiger partial charge in [0.15, 0.2) is 0 Å². The van der Waals surface area contributed by atoms with Crippen LogP contribution in [0.4, 0.5) is 4.39 Å². The minimum atomic E-state index is -0.624. The molecule has 0 aliphatic heterocycles. The molecule has 0 unspecified atom stereocenters. The molecule has 0 bridgehead atoms. The van der Waals surface area contributed by atoms with Crippen molar-refractivity contribution in [3.05, 3.63) is 34.6 Å². The number of benzene rings is 1. The minimum absolute atomic E-state index is 0.106. The second-order valence-electron chi connectivity index (χ2n) is 3.88. The van der Waals surface area contributed by atoms with Crippen molar-refractivity contribution in [2.45, 2.75) is 12.5 Å². The van der Waals surface area contributed by atoms with Gasteiger partial charge in [0.05, 0.1) is 16.1 Å². The molecule has 1 aromatic rings. The lowest BCUT2D eigenvalue weighted by atomic mass is 10.1. The second kappa shape index (κ2) is 6.16. The fraction of sp³-hybridized carbons (Fsp3) is 0.364. The van der Waals surface area contributed by atoms with Crippen LogP contribution in [0.2, 0.25) is 5.02 Å². The van der Waals surface area contributed by atoms with Crippen LogP contribution in [0, 0.1) is 5.82 Å². The lowest BCUT2D eigenvalue weighted by Crippen LogP contribution is -2.49. The third-order valence-corrected chi connectivity index (χ3v) is 4.99. The molecule has 17 heavy (non-hydrogen) atoms. The number of alkyl halides is 2. The summed E-state index contributed by atoms with van der Waals surface area (Å²) in [4.78, 5) is 11.9. The maximum Gasteiger partial charge on any atom is 0.256 e. The topological polar surface area (TPSA) is 29.1 Å². The van der Waals surface area contributed by atoms with E-state index in [1.54, 1.807) is 0 Å². The van der Waals surface area contributed by atoms with Crippen LogP contribution in [0.5, 0.6) is 0 Å². The lowest BCUT2D eigenvalue weighted by Gasteiger charge is -2.26. The molecule has 0 aliphatic carbocycles. The molecule has 1 rings (SSSR count). The first kappa shape index (κ1) is 14.9. The van der Waals surface area contributed by atoms with Gasteiger partial charge >= 0.3 is 0 Å². The highest BCUT2D eigenvalue weighted by Gasteiger charge is 2.26. The summed E-state index contributed by atoms with van der Waals surface area (Å²) in [5.41, 5.74) is -0.620. The third-order valence-electron chi connectivity index (χ3n) is 2.20. The Hall–Kier alpha value is -0.130. The molecular formula is C11H11Br2ClFNO. The van der Waals surface area contributed by atoms with E-state index in [1.807, 2.05) is 6.92 Å². The van der Waals surface area contributed by atoms with E-state index in [0.29, 0.717) is 10.7 Å². The van der Waals surface area contributed by atoms with Crippen LogP contribution in [-0.2, 0) is 0 Å². The Kier molecular flexibility index (Phi) is 5.41. The SMILES string of the molecule is CC(CBr)(CBr)NC(=O)c1c(F)cccc1Cl. The smallest absolute Gasteiger partial charge is 0.256 e. The predicted octanol–water partition coefficient (Wildman–Crippen LogP) is 3.76. The molecule has 0 atom stereocenters. The number of halogens is 4. The maximum atomic E-state index is 13.5. The normalized spacial score (nSPS) is 11.4. The van der Waals surface area contributed by atoms with Crippen molar-refractivity contribution in [1.82, 2.24) is 5.32 Å². The third kappa shape index (κ3) is 3.66. The van der Waals surface area contributed by atoms with Gasteiger partial charge in [0.25, 0.3) is 5.91 Å². The highest BCUT2D eigenvalue weighted by atomic mass is 79.9. The Labute approximate surface area is 121 Å². The maximum absolute atomic E-state index is 13.5. The summed E-state index contributed by atoms with van der Waals surface area (Å²) in [6, 6.07) is 4.15. The Bertz CT molecular complexity index is 404. The molecule has 0 radical (unpaired) electrons. The Morgan fingerprint density at radius 3 is 2.53 bits per heavy atom. The Morgan fingerprint density at radius 1 is 1.47 bits per heavy atom. The molecule has 1 aromatic carbocycles. The van der Waals surface area contributed by atoms with Crippen molar-refractivity contribution in [2.75, 3.05) is 10.7 Å². The van der Waals surface area contributed by atoms with Gasteiger partial charge in [-0.2, -0.15) is 0 Å². The molecule has 6 heteroatoms. The van der Waals surface area contributed by atoms with Crippen LogP contribution in [0.1, 0.15) is 17.3 Å². The van der Waals surface area contributed by atoms with Gasteiger partial charge in [-0.1, -0.05) is 49.5 Å². The molecular weight excluding hydrogens is 376 g/mol. The zero-order valence-electron chi connectivity index (χ0n) is 9.07. The van der Waals surface area contributed by atoms with Crippen LogP contribution in [0.3, 0.4) is 0 Å². The first-order chi connectivity index (χ1) is 7.93. The van der Waals surface area contributed by atoms with E-state index < -0.39 is 17.3 Å². The van der Waals surface area contributed by atoms with Crippen LogP contribution < -0.4 is 5.32 Å². The number of hydrogen-bond acceptors (Lipinski definition) is 1. The number of carbonyl (C=O) groups excluding carboxylic acids is 1. The predicted molar refractivity (Wildman–Crippen MR) is 74.9 cm³/mol. The highest BCUT2D eigenvalue weighted by molar-refractivity contribution is 9.09. The van der Waals surface area contributed by atoms with E-state index in [-0.39, 0.29) is 10.6 Å². The van der Waals surface area contributed by atoms with Gasteiger partial charge in [-0.25, -0.2) is 4.39 Å². The zero-order valence-corrected chi connectivity index (χ0v) is 13.0. The van der Waals surface area contributed by atoms with Crippen molar-refractivity contribution in [3.8, 4) is 0 Å². The molecule has 0 aromatic heterocycles. The molecule has 1 amide bonds. The van der Waals surface area contributed by atoms with E-state index in [1.165, 1.54) is 18.2 Å². The van der Waals surface area contributed by atoms with Gasteiger partial charge in [0.2, 0.25) is 0 Å². The van der Waals surface area contributed by atoms with E-state index in [4.69, 9.17) is 11.6 Å². The number of nitrogens with one attached hydrogen (secondary N) is 1. The average molecular weight is 387 g/mol. The lowest BCUT2D eigenvalue weighted by molar-refractivity contribution is 0.0919. The monoisotopic (exact) mass is 385 g/mol. The zero-order chi connectivity index (χ0) is 13.1. The molecule has 2 nitrogen and oxygen atoms in total. The summed E-state index contributed by atoms with van der Waals surface area (Å²) in [5.74, 6) is -1.14. The van der Waals surface area contributed by atoms with E-state index in [2.05, 4.69) is 37.2 Å². The summed E-state index contributed by atoms with van der Waals surface area (Å²) in [6.45, 7) is 1.84. The van der Waals surface area contributed by atoms with Crippen molar-refractivity contribution < 1.29 is 9.18 Å². The second-order valence-corrected chi connectivity index (χ2v) is 5.41. The van der Waals surface area contributed by atoms with Gasteiger partial charge in [0, 0.05) is 10.7 Å². The molecule has 0 fully saturated rings.